The Hall–Kier alpha value is -3.02. The van der Waals surface area contributed by atoms with Gasteiger partial charge in [0, 0.05) is 17.2 Å². The van der Waals surface area contributed by atoms with Gasteiger partial charge < -0.3 is 0 Å². The predicted octanol–water partition coefficient (Wildman–Crippen LogP) is 2.67. The molecule has 0 fully saturated rings. The zero-order valence-corrected chi connectivity index (χ0v) is 11.3. The van der Waals surface area contributed by atoms with Gasteiger partial charge in [-0.15, -0.1) is 0 Å². The van der Waals surface area contributed by atoms with Crippen molar-refractivity contribution in [1.82, 2.24) is 5.43 Å². The maximum Gasteiger partial charge on any atom is 0.272 e. The van der Waals surface area contributed by atoms with Crippen LogP contribution in [0.3, 0.4) is 0 Å². The van der Waals surface area contributed by atoms with Crippen LogP contribution < -0.4 is 5.43 Å². The minimum absolute atomic E-state index is 0.0145. The summed E-state index contributed by atoms with van der Waals surface area (Å²) < 4.78 is 0. The fourth-order valence-corrected chi connectivity index (χ4v) is 1.77. The molecule has 2 aromatic rings. The first-order valence-corrected chi connectivity index (χ1v) is 6.21. The first-order chi connectivity index (χ1) is 10.1. The van der Waals surface area contributed by atoms with Crippen molar-refractivity contribution in [3.8, 4) is 0 Å². The monoisotopic (exact) mass is 283 g/mol. The highest BCUT2D eigenvalue weighted by atomic mass is 16.6. The number of rotatable bonds is 4. The van der Waals surface area contributed by atoms with Gasteiger partial charge in [0.1, 0.15) is 0 Å². The molecule has 0 aliphatic carbocycles. The zero-order valence-electron chi connectivity index (χ0n) is 11.3. The van der Waals surface area contributed by atoms with E-state index in [2.05, 4.69) is 10.5 Å². The molecule has 1 amide bonds. The van der Waals surface area contributed by atoms with Crippen molar-refractivity contribution in [2.75, 3.05) is 0 Å². The molecule has 1 N–H and O–H groups in total. The van der Waals surface area contributed by atoms with E-state index in [0.717, 1.165) is 5.56 Å². The Balaban J connectivity index is 2.06. The molecular formula is C15H13N3O3. The van der Waals surface area contributed by atoms with Gasteiger partial charge in [0.15, 0.2) is 0 Å². The maximum absolute atomic E-state index is 11.9. The Kier molecular flexibility index (Phi) is 4.40. The van der Waals surface area contributed by atoms with E-state index in [0.29, 0.717) is 11.1 Å². The summed E-state index contributed by atoms with van der Waals surface area (Å²) in [5.41, 5.74) is 3.98. The number of nitro groups is 1. The van der Waals surface area contributed by atoms with Gasteiger partial charge in [-0.05, 0) is 24.6 Å². The molecule has 106 valence electrons. The molecule has 0 spiro atoms. The molecule has 0 saturated heterocycles. The second-order valence-corrected chi connectivity index (χ2v) is 4.37. The quantitative estimate of drug-likeness (QED) is 0.532. The minimum Gasteiger partial charge on any atom is -0.267 e. The van der Waals surface area contributed by atoms with Crippen LogP contribution >= 0.6 is 0 Å². The summed E-state index contributed by atoms with van der Waals surface area (Å²) in [6.45, 7) is 1.59. The van der Waals surface area contributed by atoms with Gasteiger partial charge in [0.25, 0.3) is 11.6 Å². The molecule has 6 heteroatoms. The number of hydrazone groups is 1. The lowest BCUT2D eigenvalue weighted by Crippen LogP contribution is -2.17. The van der Waals surface area contributed by atoms with Gasteiger partial charge in [-0.3, -0.25) is 14.9 Å². The highest BCUT2D eigenvalue weighted by Crippen LogP contribution is 2.18. The van der Waals surface area contributed by atoms with E-state index >= 15 is 0 Å². The van der Waals surface area contributed by atoms with Crippen molar-refractivity contribution >= 4 is 17.8 Å². The fourth-order valence-electron chi connectivity index (χ4n) is 1.77. The van der Waals surface area contributed by atoms with E-state index in [1.165, 1.54) is 24.4 Å². The summed E-state index contributed by atoms with van der Waals surface area (Å²) >= 11 is 0. The third-order valence-electron chi connectivity index (χ3n) is 2.83. The predicted molar refractivity (Wildman–Crippen MR) is 79.3 cm³/mol. The highest BCUT2D eigenvalue weighted by molar-refractivity contribution is 5.95. The highest BCUT2D eigenvalue weighted by Gasteiger charge is 2.13. The Morgan fingerprint density at radius 3 is 2.57 bits per heavy atom. The van der Waals surface area contributed by atoms with Crippen LogP contribution in [0.5, 0.6) is 0 Å². The lowest BCUT2D eigenvalue weighted by Gasteiger charge is -2.02. The van der Waals surface area contributed by atoms with Gasteiger partial charge in [-0.2, -0.15) is 5.10 Å². The van der Waals surface area contributed by atoms with E-state index in [9.17, 15) is 14.9 Å². The van der Waals surface area contributed by atoms with Gasteiger partial charge in [0.2, 0.25) is 0 Å². The van der Waals surface area contributed by atoms with Crippen LogP contribution in [0, 0.1) is 17.0 Å². The van der Waals surface area contributed by atoms with Crippen LogP contribution in [0.2, 0.25) is 0 Å². The molecule has 0 aliphatic heterocycles. The molecule has 0 saturated carbocycles. The number of amides is 1. The second kappa shape index (κ2) is 6.42. The van der Waals surface area contributed by atoms with Crippen molar-refractivity contribution in [2.45, 2.75) is 6.92 Å². The van der Waals surface area contributed by atoms with Crippen molar-refractivity contribution in [1.29, 1.82) is 0 Å². The second-order valence-electron chi connectivity index (χ2n) is 4.37. The molecule has 0 radical (unpaired) electrons. The number of nitrogens with zero attached hydrogens (tertiary/aromatic N) is 2. The molecule has 0 heterocycles. The number of hydrogen-bond donors (Lipinski definition) is 1. The Bertz CT molecular complexity index is 697. The van der Waals surface area contributed by atoms with E-state index in [1.54, 1.807) is 6.92 Å². The van der Waals surface area contributed by atoms with Crippen molar-refractivity contribution in [3.05, 3.63) is 75.3 Å². The Morgan fingerprint density at radius 1 is 1.24 bits per heavy atom. The standard InChI is InChI=1S/C15H13N3O3/c1-11-9-13(7-8-14(11)18(20)21)15(19)17-16-10-12-5-3-2-4-6-12/h2-10H,1H3,(H,17,19). The lowest BCUT2D eigenvalue weighted by molar-refractivity contribution is -0.385. The van der Waals surface area contributed by atoms with Crippen molar-refractivity contribution in [3.63, 3.8) is 0 Å². The Morgan fingerprint density at radius 2 is 1.95 bits per heavy atom. The third-order valence-corrected chi connectivity index (χ3v) is 2.83. The van der Waals surface area contributed by atoms with Gasteiger partial charge in [-0.1, -0.05) is 30.3 Å². The Labute approximate surface area is 121 Å². The molecule has 0 aliphatic rings. The minimum atomic E-state index is -0.482. The SMILES string of the molecule is Cc1cc(C(=O)NN=Cc2ccccc2)ccc1[N+](=O)[O-]. The first kappa shape index (κ1) is 14.4. The molecule has 2 rings (SSSR count). The molecular weight excluding hydrogens is 270 g/mol. The number of aryl methyl sites for hydroxylation is 1. The van der Waals surface area contributed by atoms with Gasteiger partial charge >= 0.3 is 0 Å². The summed E-state index contributed by atoms with van der Waals surface area (Å²) in [5, 5.41) is 14.6. The normalized spacial score (nSPS) is 10.5. The van der Waals surface area contributed by atoms with Crippen molar-refractivity contribution in [2.24, 2.45) is 5.10 Å². The van der Waals surface area contributed by atoms with Gasteiger partial charge in [-0.25, -0.2) is 5.43 Å². The number of nitro benzene ring substituents is 1. The number of carbonyl (C=O) groups excluding carboxylic acids is 1. The molecule has 0 unspecified atom stereocenters. The van der Waals surface area contributed by atoms with Crippen LogP contribution in [0.4, 0.5) is 5.69 Å². The lowest BCUT2D eigenvalue weighted by atomic mass is 10.1. The first-order valence-electron chi connectivity index (χ1n) is 6.21. The van der Waals surface area contributed by atoms with Crippen LogP contribution in [-0.2, 0) is 0 Å². The number of nitrogens with one attached hydrogen (secondary N) is 1. The average Bonchev–Trinajstić information content (AvgIpc) is 2.47. The third kappa shape index (κ3) is 3.73. The van der Waals surface area contributed by atoms with E-state index in [-0.39, 0.29) is 5.69 Å². The van der Waals surface area contributed by atoms with Crippen molar-refractivity contribution < 1.29 is 9.72 Å². The summed E-state index contributed by atoms with van der Waals surface area (Å²) in [5.74, 6) is -0.417. The molecule has 0 aromatic heterocycles. The topological polar surface area (TPSA) is 84.6 Å². The summed E-state index contributed by atoms with van der Waals surface area (Å²) in [7, 11) is 0. The number of benzene rings is 2. The van der Waals surface area contributed by atoms with Crippen LogP contribution in [0.15, 0.2) is 53.6 Å². The smallest absolute Gasteiger partial charge is 0.267 e. The van der Waals surface area contributed by atoms with E-state index in [4.69, 9.17) is 0 Å². The van der Waals surface area contributed by atoms with Crippen LogP contribution in [0.1, 0.15) is 21.5 Å². The van der Waals surface area contributed by atoms with Crippen LogP contribution in [-0.4, -0.2) is 17.0 Å². The maximum atomic E-state index is 11.9. The van der Waals surface area contributed by atoms with E-state index < -0.39 is 10.8 Å². The summed E-state index contributed by atoms with van der Waals surface area (Å²) in [6.07, 6.45) is 1.52. The number of hydrogen-bond acceptors (Lipinski definition) is 4. The largest absolute Gasteiger partial charge is 0.272 e. The summed E-state index contributed by atoms with van der Waals surface area (Å²) in [6, 6.07) is 13.5. The van der Waals surface area contributed by atoms with Gasteiger partial charge in [0.05, 0.1) is 11.1 Å². The molecule has 6 nitrogen and oxygen atoms in total. The average molecular weight is 283 g/mol. The number of carbonyl (C=O) groups is 1. The molecule has 0 atom stereocenters. The van der Waals surface area contributed by atoms with Crippen LogP contribution in [0.25, 0.3) is 0 Å². The molecule has 2 aromatic carbocycles. The fraction of sp³-hybridized carbons (Fsp3) is 0.0667. The van der Waals surface area contributed by atoms with E-state index in [1.807, 2.05) is 30.3 Å². The molecule has 21 heavy (non-hydrogen) atoms. The zero-order chi connectivity index (χ0) is 15.2. The summed E-state index contributed by atoms with van der Waals surface area (Å²) in [4.78, 5) is 22.1. The molecule has 0 bridgehead atoms.